The van der Waals surface area contributed by atoms with E-state index in [2.05, 4.69) is 22.1 Å². The predicted octanol–water partition coefficient (Wildman–Crippen LogP) is 5.84. The van der Waals surface area contributed by atoms with Crippen LogP contribution in [0, 0.1) is 0 Å². The van der Waals surface area contributed by atoms with Crippen molar-refractivity contribution in [2.45, 2.75) is 84.0 Å². The minimum absolute atomic E-state index is 0.387. The molecule has 0 saturated heterocycles. The maximum atomic E-state index is 4.84. The molecule has 1 aliphatic rings. The highest BCUT2D eigenvalue weighted by Crippen LogP contribution is 2.13. The first-order valence-corrected chi connectivity index (χ1v) is 8.27. The molecule has 0 aliphatic carbocycles. The van der Waals surface area contributed by atoms with Gasteiger partial charge in [0.05, 0.1) is 0 Å². The summed E-state index contributed by atoms with van der Waals surface area (Å²) in [5, 5.41) is 8.06. The molecule has 1 rings (SSSR count). The van der Waals surface area contributed by atoms with Gasteiger partial charge in [0.1, 0.15) is 0 Å². The maximum Gasteiger partial charge on any atom is 0.241 e. The number of nitrogens with zero attached hydrogens (tertiary/aromatic N) is 3. The second-order valence-corrected chi connectivity index (χ2v) is 5.66. The summed E-state index contributed by atoms with van der Waals surface area (Å²) in [6.07, 6.45) is 15.9. The van der Waals surface area contributed by atoms with Crippen molar-refractivity contribution < 1.29 is 0 Å². The fraction of sp³-hybridized carbons (Fsp3) is 0.867. The van der Waals surface area contributed by atoms with Crippen LogP contribution in [-0.4, -0.2) is 10.9 Å². The van der Waals surface area contributed by atoms with Gasteiger partial charge in [-0.1, -0.05) is 71.1 Å². The molecule has 19 heavy (non-hydrogen) atoms. The van der Waals surface area contributed by atoms with Crippen LogP contribution in [0.3, 0.4) is 0 Å². The molecule has 1 heterocycles. The van der Waals surface area contributed by atoms with Crippen molar-refractivity contribution in [3.8, 4) is 0 Å². The van der Waals surface area contributed by atoms with Crippen molar-refractivity contribution in [1.82, 2.24) is 0 Å². The van der Waals surface area contributed by atoms with Crippen LogP contribution in [0.4, 0.5) is 0 Å². The summed E-state index contributed by atoms with van der Waals surface area (Å²) >= 11 is 4.84. The molecular weight excluding hydrogens is 254 g/mol. The lowest BCUT2D eigenvalue weighted by Gasteiger charge is -2.02. The largest absolute Gasteiger partial charge is 0.241 e. The number of hydrogen-bond acceptors (Lipinski definition) is 2. The number of rotatable bonds is 12. The predicted molar refractivity (Wildman–Crippen MR) is 86.0 cm³/mol. The molecule has 3 nitrogen and oxygen atoms in total. The van der Waals surface area contributed by atoms with Gasteiger partial charge in [-0.25, -0.2) is 0 Å². The van der Waals surface area contributed by atoms with Gasteiger partial charge in [-0.3, -0.25) is 0 Å². The van der Waals surface area contributed by atoms with E-state index in [0.29, 0.717) is 5.11 Å². The molecular formula is C15H27N3S. The normalized spacial score (nSPS) is 14.2. The first kappa shape index (κ1) is 16.4. The Kier molecular flexibility index (Phi) is 9.68. The van der Waals surface area contributed by atoms with Crippen molar-refractivity contribution in [1.29, 1.82) is 0 Å². The van der Waals surface area contributed by atoms with E-state index < -0.39 is 0 Å². The molecule has 0 aromatic rings. The molecule has 0 aromatic carbocycles. The minimum Gasteiger partial charge on any atom is -0.200 e. The third kappa shape index (κ3) is 8.98. The zero-order valence-electron chi connectivity index (χ0n) is 12.2. The lowest BCUT2D eigenvalue weighted by Crippen LogP contribution is -1.91. The molecule has 0 atom stereocenters. The van der Waals surface area contributed by atoms with Crippen LogP contribution in [-0.2, 0) is 0 Å². The van der Waals surface area contributed by atoms with Crippen molar-refractivity contribution in [2.24, 2.45) is 15.2 Å². The number of thiocarbonyl (C=S) groups is 1. The molecule has 0 saturated carbocycles. The first-order chi connectivity index (χ1) is 9.33. The van der Waals surface area contributed by atoms with Gasteiger partial charge in [-0.2, -0.15) is 4.99 Å². The van der Waals surface area contributed by atoms with Crippen LogP contribution in [0.1, 0.15) is 84.0 Å². The molecule has 108 valence electrons. The summed E-state index contributed by atoms with van der Waals surface area (Å²) in [6.45, 7) is 2.27. The molecule has 4 heteroatoms. The van der Waals surface area contributed by atoms with Gasteiger partial charge in [-0.15, -0.1) is 10.2 Å². The minimum atomic E-state index is 0.387. The molecule has 0 amide bonds. The van der Waals surface area contributed by atoms with E-state index >= 15 is 0 Å². The van der Waals surface area contributed by atoms with Gasteiger partial charge in [0, 0.05) is 6.42 Å². The molecule has 0 unspecified atom stereocenters. The van der Waals surface area contributed by atoms with E-state index in [9.17, 15) is 0 Å². The van der Waals surface area contributed by atoms with Crippen molar-refractivity contribution in [2.75, 3.05) is 0 Å². The van der Waals surface area contributed by atoms with Crippen LogP contribution < -0.4 is 0 Å². The Balaban J connectivity index is 1.78. The number of unbranched alkanes of at least 4 members (excludes halogenated alkanes) is 10. The Hall–Kier alpha value is -0.640. The van der Waals surface area contributed by atoms with Crippen LogP contribution in [0.2, 0.25) is 0 Å². The SMILES string of the molecule is CCCCCCCCCCCCCC1=NC(=S)N=N1. The Morgan fingerprint density at radius 3 is 1.74 bits per heavy atom. The van der Waals surface area contributed by atoms with Gasteiger partial charge in [0.25, 0.3) is 0 Å². The fourth-order valence-electron chi connectivity index (χ4n) is 2.31. The summed E-state index contributed by atoms with van der Waals surface area (Å²) in [5.41, 5.74) is 0. The van der Waals surface area contributed by atoms with Gasteiger partial charge >= 0.3 is 0 Å². The zero-order valence-corrected chi connectivity index (χ0v) is 13.1. The van der Waals surface area contributed by atoms with Crippen LogP contribution in [0.15, 0.2) is 15.2 Å². The molecule has 0 N–H and O–H groups in total. The van der Waals surface area contributed by atoms with Crippen LogP contribution >= 0.6 is 12.2 Å². The van der Waals surface area contributed by atoms with Gasteiger partial charge in [0.15, 0.2) is 5.84 Å². The first-order valence-electron chi connectivity index (χ1n) is 7.86. The fourth-order valence-corrected chi connectivity index (χ4v) is 2.46. The monoisotopic (exact) mass is 281 g/mol. The van der Waals surface area contributed by atoms with Crippen molar-refractivity contribution in [3.05, 3.63) is 0 Å². The van der Waals surface area contributed by atoms with Crippen LogP contribution in [0.5, 0.6) is 0 Å². The molecule has 0 aromatic heterocycles. The molecule has 0 fully saturated rings. The smallest absolute Gasteiger partial charge is 0.200 e. The Labute approximate surface area is 123 Å². The molecule has 0 spiro atoms. The summed E-state index contributed by atoms with van der Waals surface area (Å²) in [6, 6.07) is 0. The summed E-state index contributed by atoms with van der Waals surface area (Å²) in [5.74, 6) is 0.820. The topological polar surface area (TPSA) is 37.1 Å². The summed E-state index contributed by atoms with van der Waals surface area (Å²) in [4.78, 5) is 4.09. The number of amidine groups is 1. The van der Waals surface area contributed by atoms with Gasteiger partial charge in [-0.05, 0) is 18.6 Å². The van der Waals surface area contributed by atoms with E-state index in [1.54, 1.807) is 0 Å². The third-order valence-electron chi connectivity index (χ3n) is 3.48. The molecule has 1 aliphatic heterocycles. The quantitative estimate of drug-likeness (QED) is 0.327. The Bertz CT molecular complexity index is 311. The third-order valence-corrected chi connectivity index (χ3v) is 3.65. The second kappa shape index (κ2) is 11.2. The lowest BCUT2D eigenvalue weighted by molar-refractivity contribution is 0.551. The summed E-state index contributed by atoms with van der Waals surface area (Å²) in [7, 11) is 0. The number of azo groups is 1. The molecule has 0 bridgehead atoms. The molecule has 0 radical (unpaired) electrons. The average molecular weight is 281 g/mol. The highest BCUT2D eigenvalue weighted by Gasteiger charge is 2.05. The standard InChI is InChI=1S/C15H27N3S/c1-2-3-4-5-6-7-8-9-10-11-12-13-14-16-15(19)18-17-14/h2-13H2,1H3. The van der Waals surface area contributed by atoms with Crippen LogP contribution in [0.25, 0.3) is 0 Å². The van der Waals surface area contributed by atoms with Gasteiger partial charge in [0.2, 0.25) is 5.11 Å². The van der Waals surface area contributed by atoms with E-state index in [1.807, 2.05) is 0 Å². The van der Waals surface area contributed by atoms with E-state index in [0.717, 1.165) is 18.7 Å². The van der Waals surface area contributed by atoms with E-state index in [-0.39, 0.29) is 0 Å². The highest BCUT2D eigenvalue weighted by atomic mass is 32.1. The zero-order chi connectivity index (χ0) is 13.8. The van der Waals surface area contributed by atoms with E-state index in [1.165, 1.54) is 64.2 Å². The Morgan fingerprint density at radius 2 is 1.26 bits per heavy atom. The average Bonchev–Trinajstić information content (AvgIpc) is 2.82. The number of hydrogen-bond donors (Lipinski definition) is 0. The lowest BCUT2D eigenvalue weighted by atomic mass is 10.1. The van der Waals surface area contributed by atoms with Crippen molar-refractivity contribution >= 4 is 23.2 Å². The van der Waals surface area contributed by atoms with E-state index in [4.69, 9.17) is 12.2 Å². The summed E-state index contributed by atoms with van der Waals surface area (Å²) < 4.78 is 0. The maximum absolute atomic E-state index is 4.84. The second-order valence-electron chi connectivity index (χ2n) is 5.30. The Morgan fingerprint density at radius 1 is 0.737 bits per heavy atom. The van der Waals surface area contributed by atoms with Crippen molar-refractivity contribution in [3.63, 3.8) is 0 Å². The number of aliphatic imine (C=N–C) groups is 1. The van der Waals surface area contributed by atoms with Gasteiger partial charge < -0.3 is 0 Å². The highest BCUT2D eigenvalue weighted by molar-refractivity contribution is 7.80.